The molecule has 6 heteroatoms. The second-order valence-corrected chi connectivity index (χ2v) is 7.62. The number of rotatable bonds is 9. The van der Waals surface area contributed by atoms with Crippen LogP contribution in [0.25, 0.3) is 11.0 Å². The smallest absolute Gasteiger partial charge is 0.244 e. The number of nitrogens with zero attached hydrogens (tertiary/aromatic N) is 2. The molecule has 0 spiro atoms. The molecule has 1 heterocycles. The van der Waals surface area contributed by atoms with Crippen molar-refractivity contribution in [3.8, 4) is 0 Å². The molecular formula is C24H30N4O2. The summed E-state index contributed by atoms with van der Waals surface area (Å²) in [5.41, 5.74) is 4.78. The predicted octanol–water partition coefficient (Wildman–Crippen LogP) is 4.14. The number of para-hydroxylation sites is 3. The van der Waals surface area contributed by atoms with Crippen LogP contribution in [0.2, 0.25) is 0 Å². The minimum Gasteiger partial charge on any atom is -0.356 e. The Labute approximate surface area is 177 Å². The average molecular weight is 407 g/mol. The van der Waals surface area contributed by atoms with E-state index in [1.165, 1.54) is 0 Å². The van der Waals surface area contributed by atoms with Crippen molar-refractivity contribution in [1.29, 1.82) is 0 Å². The number of amides is 2. The summed E-state index contributed by atoms with van der Waals surface area (Å²) in [6.07, 6.45) is 2.86. The quantitative estimate of drug-likeness (QED) is 0.524. The Morgan fingerprint density at radius 1 is 1.00 bits per heavy atom. The van der Waals surface area contributed by atoms with Crippen LogP contribution in [0.15, 0.2) is 42.5 Å². The molecule has 0 unspecified atom stereocenters. The number of benzene rings is 2. The van der Waals surface area contributed by atoms with Crippen LogP contribution < -0.4 is 10.6 Å². The van der Waals surface area contributed by atoms with Gasteiger partial charge < -0.3 is 15.2 Å². The molecular weight excluding hydrogens is 376 g/mol. The lowest BCUT2D eigenvalue weighted by Crippen LogP contribution is -2.25. The van der Waals surface area contributed by atoms with Crippen LogP contribution in [0.5, 0.6) is 0 Å². The number of carbonyl (C=O) groups is 2. The molecule has 3 rings (SSSR count). The zero-order chi connectivity index (χ0) is 21.5. The first-order valence-electron chi connectivity index (χ1n) is 10.6. The molecule has 1 aromatic heterocycles. The average Bonchev–Trinajstić information content (AvgIpc) is 3.06. The van der Waals surface area contributed by atoms with Crippen molar-refractivity contribution < 1.29 is 9.59 Å². The standard InChI is InChI=1S/C24H30N4O2/c1-4-9-22(29)25-15-8-14-21-26-19-12-5-6-13-20(19)28(21)16-23(30)27-24-17(2)10-7-11-18(24)3/h5-7,10-13H,4,8-9,14-16H2,1-3H3,(H,25,29)(H,27,30). The van der Waals surface area contributed by atoms with Gasteiger partial charge in [0.05, 0.1) is 11.0 Å². The zero-order valence-corrected chi connectivity index (χ0v) is 18.0. The zero-order valence-electron chi connectivity index (χ0n) is 18.0. The molecule has 0 saturated carbocycles. The van der Waals surface area contributed by atoms with E-state index in [1.807, 2.05) is 67.8 Å². The van der Waals surface area contributed by atoms with Gasteiger partial charge in [-0.15, -0.1) is 0 Å². The topological polar surface area (TPSA) is 76.0 Å². The SMILES string of the molecule is CCCC(=O)NCCCc1nc2ccccc2n1CC(=O)Nc1c(C)cccc1C. The van der Waals surface area contributed by atoms with Crippen LogP contribution in [0, 0.1) is 13.8 Å². The highest BCUT2D eigenvalue weighted by Gasteiger charge is 2.15. The molecule has 6 nitrogen and oxygen atoms in total. The van der Waals surface area contributed by atoms with Crippen molar-refractivity contribution in [2.75, 3.05) is 11.9 Å². The molecule has 2 aromatic carbocycles. The van der Waals surface area contributed by atoms with Gasteiger partial charge in [-0.25, -0.2) is 4.98 Å². The molecule has 0 aliphatic heterocycles. The van der Waals surface area contributed by atoms with E-state index in [-0.39, 0.29) is 18.4 Å². The summed E-state index contributed by atoms with van der Waals surface area (Å²) >= 11 is 0. The van der Waals surface area contributed by atoms with Crippen LogP contribution >= 0.6 is 0 Å². The molecule has 0 atom stereocenters. The van der Waals surface area contributed by atoms with E-state index < -0.39 is 0 Å². The Balaban J connectivity index is 1.73. The summed E-state index contributed by atoms with van der Waals surface area (Å²) in [6, 6.07) is 13.8. The summed E-state index contributed by atoms with van der Waals surface area (Å²) in [4.78, 5) is 29.2. The van der Waals surface area contributed by atoms with Crippen LogP contribution in [-0.2, 0) is 22.6 Å². The molecule has 0 saturated heterocycles. The Bertz CT molecular complexity index is 1020. The highest BCUT2D eigenvalue weighted by molar-refractivity contribution is 5.93. The highest BCUT2D eigenvalue weighted by Crippen LogP contribution is 2.21. The summed E-state index contributed by atoms with van der Waals surface area (Å²) in [5.74, 6) is 0.865. The molecule has 3 aromatic rings. The molecule has 0 fully saturated rings. The van der Waals surface area contributed by atoms with E-state index in [1.54, 1.807) is 0 Å². The fourth-order valence-electron chi connectivity index (χ4n) is 3.62. The molecule has 0 radical (unpaired) electrons. The van der Waals surface area contributed by atoms with Crippen LogP contribution in [0.4, 0.5) is 5.69 Å². The van der Waals surface area contributed by atoms with E-state index in [0.717, 1.165) is 46.5 Å². The number of fused-ring (bicyclic) bond motifs is 1. The number of aryl methyl sites for hydroxylation is 3. The summed E-state index contributed by atoms with van der Waals surface area (Å²) in [7, 11) is 0. The van der Waals surface area contributed by atoms with Gasteiger partial charge in [0.2, 0.25) is 11.8 Å². The Kier molecular flexibility index (Phi) is 7.22. The molecule has 2 amide bonds. The summed E-state index contributed by atoms with van der Waals surface area (Å²) in [5, 5.41) is 6.00. The molecule has 0 aliphatic rings. The molecule has 2 N–H and O–H groups in total. The lowest BCUT2D eigenvalue weighted by atomic mass is 10.1. The van der Waals surface area contributed by atoms with Crippen molar-refractivity contribution in [3.63, 3.8) is 0 Å². The lowest BCUT2D eigenvalue weighted by molar-refractivity contribution is -0.121. The molecule has 0 aliphatic carbocycles. The fourth-order valence-corrected chi connectivity index (χ4v) is 3.62. The number of carbonyl (C=O) groups excluding carboxylic acids is 2. The van der Waals surface area contributed by atoms with E-state index >= 15 is 0 Å². The van der Waals surface area contributed by atoms with Gasteiger partial charge in [-0.3, -0.25) is 9.59 Å². The molecule has 0 bridgehead atoms. The first kappa shape index (κ1) is 21.6. The second kappa shape index (κ2) is 10.1. The third kappa shape index (κ3) is 5.26. The number of aromatic nitrogens is 2. The number of hydrogen-bond donors (Lipinski definition) is 2. The second-order valence-electron chi connectivity index (χ2n) is 7.62. The fraction of sp³-hybridized carbons (Fsp3) is 0.375. The normalized spacial score (nSPS) is 10.9. The number of hydrogen-bond acceptors (Lipinski definition) is 3. The van der Waals surface area contributed by atoms with Crippen molar-refractivity contribution in [2.24, 2.45) is 0 Å². The third-order valence-corrected chi connectivity index (χ3v) is 5.16. The van der Waals surface area contributed by atoms with E-state index in [9.17, 15) is 9.59 Å². The molecule has 158 valence electrons. The number of anilines is 1. The van der Waals surface area contributed by atoms with Crippen LogP contribution in [-0.4, -0.2) is 27.9 Å². The van der Waals surface area contributed by atoms with Gasteiger partial charge in [0, 0.05) is 25.1 Å². The van der Waals surface area contributed by atoms with Crippen molar-refractivity contribution in [2.45, 2.75) is 53.0 Å². The van der Waals surface area contributed by atoms with Gasteiger partial charge in [0.1, 0.15) is 12.4 Å². The Morgan fingerprint density at radius 3 is 2.47 bits per heavy atom. The lowest BCUT2D eigenvalue weighted by Gasteiger charge is -2.13. The Morgan fingerprint density at radius 2 is 1.73 bits per heavy atom. The largest absolute Gasteiger partial charge is 0.356 e. The van der Waals surface area contributed by atoms with E-state index in [0.29, 0.717) is 19.4 Å². The summed E-state index contributed by atoms with van der Waals surface area (Å²) in [6.45, 7) is 6.79. The van der Waals surface area contributed by atoms with Gasteiger partial charge in [0.25, 0.3) is 0 Å². The third-order valence-electron chi connectivity index (χ3n) is 5.16. The van der Waals surface area contributed by atoms with Gasteiger partial charge in [-0.1, -0.05) is 37.3 Å². The minimum atomic E-state index is -0.0759. The van der Waals surface area contributed by atoms with Gasteiger partial charge >= 0.3 is 0 Å². The maximum absolute atomic E-state index is 12.9. The van der Waals surface area contributed by atoms with E-state index in [4.69, 9.17) is 4.98 Å². The molecule has 30 heavy (non-hydrogen) atoms. The van der Waals surface area contributed by atoms with Crippen molar-refractivity contribution >= 4 is 28.5 Å². The van der Waals surface area contributed by atoms with Gasteiger partial charge in [0.15, 0.2) is 0 Å². The van der Waals surface area contributed by atoms with Crippen molar-refractivity contribution in [1.82, 2.24) is 14.9 Å². The van der Waals surface area contributed by atoms with Crippen molar-refractivity contribution in [3.05, 3.63) is 59.4 Å². The van der Waals surface area contributed by atoms with Gasteiger partial charge in [-0.2, -0.15) is 0 Å². The highest BCUT2D eigenvalue weighted by atomic mass is 16.2. The maximum atomic E-state index is 12.9. The van der Waals surface area contributed by atoms with Crippen LogP contribution in [0.3, 0.4) is 0 Å². The monoisotopic (exact) mass is 406 g/mol. The van der Waals surface area contributed by atoms with Crippen LogP contribution in [0.1, 0.15) is 43.1 Å². The number of nitrogens with one attached hydrogen (secondary N) is 2. The predicted molar refractivity (Wildman–Crippen MR) is 121 cm³/mol. The summed E-state index contributed by atoms with van der Waals surface area (Å²) < 4.78 is 1.98. The Hall–Kier alpha value is -3.15. The van der Waals surface area contributed by atoms with E-state index in [2.05, 4.69) is 10.6 Å². The maximum Gasteiger partial charge on any atom is 0.244 e. The number of imidazole rings is 1. The minimum absolute atomic E-state index is 0.0759. The first-order chi connectivity index (χ1) is 14.5. The van der Waals surface area contributed by atoms with Gasteiger partial charge in [-0.05, 0) is 49.9 Å². The first-order valence-corrected chi connectivity index (χ1v) is 10.6.